The van der Waals surface area contributed by atoms with Gasteiger partial charge in [0.1, 0.15) is 11.4 Å². The van der Waals surface area contributed by atoms with Gasteiger partial charge in [-0.2, -0.15) is 0 Å². The van der Waals surface area contributed by atoms with E-state index in [2.05, 4.69) is 67.6 Å². The molecule has 1 heterocycles. The van der Waals surface area contributed by atoms with Gasteiger partial charge in [0.25, 0.3) is 0 Å². The largest absolute Gasteiger partial charge is 0.478 e. The first-order valence-corrected chi connectivity index (χ1v) is 7.22. The fourth-order valence-electron chi connectivity index (χ4n) is 2.97. The molecule has 0 N–H and O–H groups in total. The van der Waals surface area contributed by atoms with Crippen molar-refractivity contribution in [3.05, 3.63) is 83.9 Å². The first-order valence-electron chi connectivity index (χ1n) is 7.22. The summed E-state index contributed by atoms with van der Waals surface area (Å²) in [7, 11) is 0. The summed E-state index contributed by atoms with van der Waals surface area (Å²) in [6.45, 7) is 2.11. The minimum atomic E-state index is -0.406. The molecule has 1 nitrogen and oxygen atoms in total. The Labute approximate surface area is 124 Å². The summed E-state index contributed by atoms with van der Waals surface area (Å²) in [5, 5.41) is 2.48. The maximum atomic E-state index is 6.33. The first-order chi connectivity index (χ1) is 10.3. The first kappa shape index (κ1) is 12.2. The van der Waals surface area contributed by atoms with Crippen LogP contribution in [0.25, 0.3) is 16.8 Å². The molecule has 0 saturated carbocycles. The van der Waals surface area contributed by atoms with Gasteiger partial charge in [0.05, 0.1) is 0 Å². The Balaban J connectivity index is 1.86. The fourth-order valence-corrected chi connectivity index (χ4v) is 2.97. The Bertz CT molecular complexity index is 833. The van der Waals surface area contributed by atoms with E-state index in [9.17, 15) is 0 Å². The molecule has 4 rings (SSSR count). The van der Waals surface area contributed by atoms with Gasteiger partial charge in [-0.15, -0.1) is 0 Å². The number of benzene rings is 3. The quantitative estimate of drug-likeness (QED) is 0.594. The monoisotopic (exact) mass is 272 g/mol. The standard InChI is InChI=1S/C20H16O/c1-20(16-8-3-2-4-9-16)14-13-18-17-10-6-5-7-15(17)11-12-19(18)21-20/h2-14H,1H3. The van der Waals surface area contributed by atoms with E-state index in [4.69, 9.17) is 4.74 Å². The lowest BCUT2D eigenvalue weighted by Gasteiger charge is -2.32. The van der Waals surface area contributed by atoms with E-state index in [1.807, 2.05) is 18.2 Å². The van der Waals surface area contributed by atoms with Gasteiger partial charge in [-0.05, 0) is 35.4 Å². The molecule has 0 fully saturated rings. The van der Waals surface area contributed by atoms with Crippen LogP contribution in [0.1, 0.15) is 18.1 Å². The van der Waals surface area contributed by atoms with Gasteiger partial charge < -0.3 is 4.74 Å². The van der Waals surface area contributed by atoms with Crippen LogP contribution in [-0.4, -0.2) is 0 Å². The smallest absolute Gasteiger partial charge is 0.150 e. The summed E-state index contributed by atoms with van der Waals surface area (Å²) in [5.41, 5.74) is 1.93. The van der Waals surface area contributed by atoms with Crippen LogP contribution < -0.4 is 4.74 Å². The van der Waals surface area contributed by atoms with Crippen molar-refractivity contribution in [1.82, 2.24) is 0 Å². The molecular formula is C20H16O. The third kappa shape index (κ3) is 1.93. The molecule has 1 aliphatic rings. The molecule has 0 radical (unpaired) electrons. The molecule has 1 atom stereocenters. The maximum Gasteiger partial charge on any atom is 0.150 e. The van der Waals surface area contributed by atoms with Crippen molar-refractivity contribution in [3.8, 4) is 5.75 Å². The second-order valence-corrected chi connectivity index (χ2v) is 5.61. The molecule has 1 aliphatic heterocycles. The zero-order valence-electron chi connectivity index (χ0n) is 11.9. The Morgan fingerprint density at radius 1 is 0.810 bits per heavy atom. The summed E-state index contributed by atoms with van der Waals surface area (Å²) < 4.78 is 6.33. The third-order valence-electron chi connectivity index (χ3n) is 4.17. The second-order valence-electron chi connectivity index (χ2n) is 5.61. The highest BCUT2D eigenvalue weighted by Crippen LogP contribution is 2.39. The van der Waals surface area contributed by atoms with Gasteiger partial charge in [-0.25, -0.2) is 0 Å². The SMILES string of the molecule is CC1(c2ccccc2)C=Cc2c(ccc3ccccc23)O1. The van der Waals surface area contributed by atoms with E-state index in [1.165, 1.54) is 21.9 Å². The Morgan fingerprint density at radius 3 is 2.43 bits per heavy atom. The Morgan fingerprint density at radius 2 is 1.57 bits per heavy atom. The number of rotatable bonds is 1. The van der Waals surface area contributed by atoms with E-state index in [1.54, 1.807) is 0 Å². The van der Waals surface area contributed by atoms with Crippen LogP contribution in [0.3, 0.4) is 0 Å². The molecule has 0 aromatic heterocycles. The Kier molecular flexibility index (Phi) is 2.61. The van der Waals surface area contributed by atoms with Crippen LogP contribution in [0.15, 0.2) is 72.8 Å². The van der Waals surface area contributed by atoms with Crippen LogP contribution in [0.5, 0.6) is 5.75 Å². The maximum absolute atomic E-state index is 6.33. The molecule has 1 heteroatoms. The molecule has 21 heavy (non-hydrogen) atoms. The van der Waals surface area contributed by atoms with Crippen molar-refractivity contribution in [2.24, 2.45) is 0 Å². The van der Waals surface area contributed by atoms with Crippen molar-refractivity contribution in [2.45, 2.75) is 12.5 Å². The molecule has 0 bridgehead atoms. The number of ether oxygens (including phenoxy) is 1. The minimum absolute atomic E-state index is 0.406. The molecule has 0 amide bonds. The number of fused-ring (bicyclic) bond motifs is 3. The predicted molar refractivity (Wildman–Crippen MR) is 87.4 cm³/mol. The van der Waals surface area contributed by atoms with Crippen molar-refractivity contribution >= 4 is 16.8 Å². The fraction of sp³-hybridized carbons (Fsp3) is 0.100. The van der Waals surface area contributed by atoms with Crippen molar-refractivity contribution in [3.63, 3.8) is 0 Å². The summed E-state index contributed by atoms with van der Waals surface area (Å²) in [5.74, 6) is 0.947. The van der Waals surface area contributed by atoms with Crippen LogP contribution in [0.4, 0.5) is 0 Å². The van der Waals surface area contributed by atoms with Crippen LogP contribution in [0.2, 0.25) is 0 Å². The highest BCUT2D eigenvalue weighted by Gasteiger charge is 2.29. The summed E-state index contributed by atoms with van der Waals surface area (Å²) in [4.78, 5) is 0. The summed E-state index contributed by atoms with van der Waals surface area (Å²) in [6, 6.07) is 23.0. The van der Waals surface area contributed by atoms with E-state index in [-0.39, 0.29) is 0 Å². The molecule has 102 valence electrons. The van der Waals surface area contributed by atoms with E-state index in [0.29, 0.717) is 0 Å². The lowest BCUT2D eigenvalue weighted by molar-refractivity contribution is 0.138. The average Bonchev–Trinajstić information content (AvgIpc) is 2.55. The zero-order chi connectivity index (χ0) is 14.3. The molecule has 1 unspecified atom stereocenters. The van der Waals surface area contributed by atoms with Gasteiger partial charge in [0.2, 0.25) is 0 Å². The number of hydrogen-bond acceptors (Lipinski definition) is 1. The van der Waals surface area contributed by atoms with E-state index >= 15 is 0 Å². The van der Waals surface area contributed by atoms with Crippen LogP contribution in [0, 0.1) is 0 Å². The molecule has 0 spiro atoms. The minimum Gasteiger partial charge on any atom is -0.478 e. The topological polar surface area (TPSA) is 9.23 Å². The molecule has 0 saturated heterocycles. The van der Waals surface area contributed by atoms with Gasteiger partial charge >= 0.3 is 0 Å². The van der Waals surface area contributed by atoms with Crippen molar-refractivity contribution in [2.75, 3.05) is 0 Å². The Hall–Kier alpha value is -2.54. The zero-order valence-corrected chi connectivity index (χ0v) is 11.9. The second kappa shape index (κ2) is 4.49. The van der Waals surface area contributed by atoms with Gasteiger partial charge in [0, 0.05) is 5.56 Å². The van der Waals surface area contributed by atoms with Crippen molar-refractivity contribution < 1.29 is 4.74 Å². The predicted octanol–water partition coefficient (Wildman–Crippen LogP) is 5.16. The van der Waals surface area contributed by atoms with Gasteiger partial charge in [0.15, 0.2) is 0 Å². The average molecular weight is 272 g/mol. The molecular weight excluding hydrogens is 256 g/mol. The third-order valence-corrected chi connectivity index (χ3v) is 4.17. The lowest BCUT2D eigenvalue weighted by Crippen LogP contribution is -2.29. The molecule has 0 aliphatic carbocycles. The number of hydrogen-bond donors (Lipinski definition) is 0. The van der Waals surface area contributed by atoms with E-state index in [0.717, 1.165) is 5.75 Å². The molecule has 3 aromatic rings. The van der Waals surface area contributed by atoms with Gasteiger partial charge in [-0.3, -0.25) is 0 Å². The highest BCUT2D eigenvalue weighted by molar-refractivity contribution is 5.93. The summed E-state index contributed by atoms with van der Waals surface area (Å²) in [6.07, 6.45) is 4.34. The van der Waals surface area contributed by atoms with Crippen LogP contribution >= 0.6 is 0 Å². The normalized spacial score (nSPS) is 20.0. The van der Waals surface area contributed by atoms with Crippen LogP contribution in [-0.2, 0) is 5.60 Å². The van der Waals surface area contributed by atoms with Gasteiger partial charge in [-0.1, -0.05) is 66.7 Å². The van der Waals surface area contributed by atoms with Crippen molar-refractivity contribution in [1.29, 1.82) is 0 Å². The lowest BCUT2D eigenvalue weighted by atomic mass is 9.91. The summed E-state index contributed by atoms with van der Waals surface area (Å²) >= 11 is 0. The highest BCUT2D eigenvalue weighted by atomic mass is 16.5. The van der Waals surface area contributed by atoms with E-state index < -0.39 is 5.60 Å². The molecule has 3 aromatic carbocycles.